The fourth-order valence-electron chi connectivity index (χ4n) is 3.67. The summed E-state index contributed by atoms with van der Waals surface area (Å²) in [6.45, 7) is 0. The van der Waals surface area contributed by atoms with E-state index in [1.165, 1.54) is 6.07 Å². The third kappa shape index (κ3) is 9.09. The lowest BCUT2D eigenvalue weighted by Crippen LogP contribution is -2.21. The quantitative estimate of drug-likeness (QED) is 0.256. The van der Waals surface area contributed by atoms with Gasteiger partial charge in [-0.15, -0.1) is 0 Å². The van der Waals surface area contributed by atoms with Crippen molar-refractivity contribution in [3.8, 4) is 11.5 Å². The van der Waals surface area contributed by atoms with Gasteiger partial charge in [0.25, 0.3) is 5.56 Å². The number of aromatic nitrogens is 4. The number of carbonyl (C=O) groups is 1. The molecule has 2 aromatic heterocycles. The largest absolute Gasteiger partial charge is 0.490 e. The molecule has 0 aliphatic heterocycles. The van der Waals surface area contributed by atoms with Gasteiger partial charge in [-0.1, -0.05) is 23.7 Å². The van der Waals surface area contributed by atoms with Gasteiger partial charge in [0.15, 0.2) is 0 Å². The predicted octanol–water partition coefficient (Wildman–Crippen LogP) is 5.99. The van der Waals surface area contributed by atoms with E-state index in [1.807, 2.05) is 37.0 Å². The van der Waals surface area contributed by atoms with E-state index in [2.05, 4.69) is 10.1 Å². The van der Waals surface area contributed by atoms with Crippen molar-refractivity contribution in [3.63, 3.8) is 0 Å². The van der Waals surface area contributed by atoms with Gasteiger partial charge in [0, 0.05) is 44.9 Å². The molecule has 0 aliphatic carbocycles. The van der Waals surface area contributed by atoms with Gasteiger partial charge in [-0.25, -0.2) is 4.79 Å². The molecule has 0 spiro atoms. The Morgan fingerprint density at radius 3 is 2.12 bits per heavy atom. The number of rotatable bonds is 7. The van der Waals surface area contributed by atoms with Crippen LogP contribution in [-0.2, 0) is 44.3 Å². The first-order valence-electron chi connectivity index (χ1n) is 12.0. The Balaban J connectivity index is 0.000000616. The molecule has 0 saturated heterocycles. The number of alkyl halides is 6. The summed E-state index contributed by atoms with van der Waals surface area (Å²) in [6, 6.07) is 10.4. The molecular weight excluding hydrogens is 594 g/mol. The number of carboxylic acids is 1. The van der Waals surface area contributed by atoms with Crippen LogP contribution in [0.25, 0.3) is 0 Å². The van der Waals surface area contributed by atoms with Crippen molar-refractivity contribution in [3.05, 3.63) is 105 Å². The smallest absolute Gasteiger partial charge is 0.475 e. The van der Waals surface area contributed by atoms with E-state index in [0.717, 1.165) is 23.3 Å². The van der Waals surface area contributed by atoms with Crippen LogP contribution in [-0.4, -0.2) is 36.6 Å². The van der Waals surface area contributed by atoms with E-state index in [4.69, 9.17) is 26.2 Å². The number of carboxylic acid groups (broad SMARTS) is 1. The van der Waals surface area contributed by atoms with Crippen molar-refractivity contribution in [1.82, 2.24) is 19.3 Å². The predicted molar refractivity (Wildman–Crippen MR) is 140 cm³/mol. The zero-order chi connectivity index (χ0) is 31.2. The fourth-order valence-corrected chi connectivity index (χ4v) is 3.89. The molecule has 224 valence electrons. The third-order valence-electron chi connectivity index (χ3n) is 5.70. The van der Waals surface area contributed by atoms with Gasteiger partial charge in [-0.05, 0) is 47.9 Å². The summed E-state index contributed by atoms with van der Waals surface area (Å²) >= 11 is 5.65. The molecule has 0 fully saturated rings. The van der Waals surface area contributed by atoms with Crippen LogP contribution in [0.3, 0.4) is 0 Å². The Bertz CT molecular complexity index is 1600. The van der Waals surface area contributed by atoms with E-state index in [1.54, 1.807) is 29.2 Å². The zero-order valence-corrected chi connectivity index (χ0v) is 22.8. The maximum atomic E-state index is 13.0. The number of hydrogen-bond donors (Lipinski definition) is 1. The SMILES string of the molecule is Cn1cc(Cc2cn(C)c(CCc3ccc(Oc4ccc(Cl)c(C(F)(F)F)c4)cc3)nc2=O)cn1.O=C(O)C(F)(F)F. The average molecular weight is 617 g/mol. The van der Waals surface area contributed by atoms with Gasteiger partial charge >= 0.3 is 18.3 Å². The monoisotopic (exact) mass is 616 g/mol. The summed E-state index contributed by atoms with van der Waals surface area (Å²) in [6.07, 6.45) is -2.62. The number of aryl methyl sites for hydroxylation is 4. The molecule has 0 atom stereocenters. The molecule has 0 radical (unpaired) electrons. The number of halogens is 7. The second-order valence-electron chi connectivity index (χ2n) is 8.99. The highest BCUT2D eigenvalue weighted by Crippen LogP contribution is 2.37. The van der Waals surface area contributed by atoms with E-state index in [0.29, 0.717) is 36.4 Å². The van der Waals surface area contributed by atoms with Crippen molar-refractivity contribution in [2.45, 2.75) is 31.6 Å². The Kier molecular flexibility index (Phi) is 10.0. The van der Waals surface area contributed by atoms with Gasteiger partial charge in [0.05, 0.1) is 16.8 Å². The normalized spacial score (nSPS) is 11.5. The first-order valence-corrected chi connectivity index (χ1v) is 12.4. The summed E-state index contributed by atoms with van der Waals surface area (Å²) in [5.41, 5.74) is 1.30. The maximum Gasteiger partial charge on any atom is 0.490 e. The zero-order valence-electron chi connectivity index (χ0n) is 22.0. The molecule has 0 saturated carbocycles. The Morgan fingerprint density at radius 2 is 1.57 bits per heavy atom. The topological polar surface area (TPSA) is 99.2 Å². The maximum absolute atomic E-state index is 13.0. The molecule has 15 heteroatoms. The van der Waals surface area contributed by atoms with E-state index < -0.39 is 23.9 Å². The molecule has 0 aliphatic rings. The summed E-state index contributed by atoms with van der Waals surface area (Å²) in [5, 5.41) is 10.9. The Morgan fingerprint density at radius 1 is 0.952 bits per heavy atom. The summed E-state index contributed by atoms with van der Waals surface area (Å²) in [4.78, 5) is 25.6. The molecule has 0 bridgehead atoms. The van der Waals surface area contributed by atoms with Crippen LogP contribution >= 0.6 is 11.6 Å². The van der Waals surface area contributed by atoms with Crippen molar-refractivity contribution < 1.29 is 41.0 Å². The van der Waals surface area contributed by atoms with Crippen LogP contribution in [0.1, 0.15) is 28.1 Å². The first-order chi connectivity index (χ1) is 19.5. The van der Waals surface area contributed by atoms with Crippen LogP contribution in [0.5, 0.6) is 11.5 Å². The first kappa shape index (κ1) is 32.2. The van der Waals surface area contributed by atoms with E-state index in [9.17, 15) is 31.1 Å². The number of aliphatic carboxylic acids is 1. The molecule has 2 aromatic carbocycles. The molecule has 42 heavy (non-hydrogen) atoms. The van der Waals surface area contributed by atoms with Crippen LogP contribution < -0.4 is 10.3 Å². The molecule has 8 nitrogen and oxygen atoms in total. The lowest BCUT2D eigenvalue weighted by molar-refractivity contribution is -0.192. The molecule has 0 amide bonds. The summed E-state index contributed by atoms with van der Waals surface area (Å²) in [7, 11) is 3.68. The molecule has 0 unspecified atom stereocenters. The van der Waals surface area contributed by atoms with Crippen molar-refractivity contribution in [2.24, 2.45) is 14.1 Å². The number of ether oxygens (including phenoxy) is 1. The number of nitrogens with zero attached hydrogens (tertiary/aromatic N) is 4. The van der Waals surface area contributed by atoms with E-state index >= 15 is 0 Å². The Labute approximate surface area is 239 Å². The highest BCUT2D eigenvalue weighted by atomic mass is 35.5. The van der Waals surface area contributed by atoms with Crippen molar-refractivity contribution >= 4 is 17.6 Å². The van der Waals surface area contributed by atoms with Gasteiger partial charge in [-0.2, -0.15) is 36.4 Å². The minimum atomic E-state index is -5.08. The molecule has 2 heterocycles. The van der Waals surface area contributed by atoms with E-state index in [-0.39, 0.29) is 16.3 Å². The second-order valence-corrected chi connectivity index (χ2v) is 9.39. The number of hydrogen-bond acceptors (Lipinski definition) is 5. The standard InChI is InChI=1S/C25H22ClF3N4O2.C2HF3O2/c1-32-15-18(11-17-13-30-33(2)14-17)24(34)31-23(32)10-5-16-3-6-19(7-4-16)35-20-8-9-22(26)21(12-20)25(27,28)29;3-2(4,5)1(6)7/h3-4,6-9,12-15H,5,10-11H2,1-2H3;(H,6,7). The lowest BCUT2D eigenvalue weighted by Gasteiger charge is -2.12. The van der Waals surface area contributed by atoms with Gasteiger partial charge in [0.1, 0.15) is 17.3 Å². The summed E-state index contributed by atoms with van der Waals surface area (Å²) < 4.78 is 80.0. The average Bonchev–Trinajstić information content (AvgIpc) is 3.30. The van der Waals surface area contributed by atoms with Crippen LogP contribution in [0.15, 0.2) is 65.8 Å². The molecule has 4 aromatic rings. The van der Waals surface area contributed by atoms with Crippen LogP contribution in [0.4, 0.5) is 26.3 Å². The van der Waals surface area contributed by atoms with Crippen LogP contribution in [0.2, 0.25) is 5.02 Å². The van der Waals surface area contributed by atoms with Crippen molar-refractivity contribution in [2.75, 3.05) is 0 Å². The molecule has 1 N–H and O–H groups in total. The second kappa shape index (κ2) is 13.1. The van der Waals surface area contributed by atoms with Crippen LogP contribution in [0, 0.1) is 0 Å². The highest BCUT2D eigenvalue weighted by molar-refractivity contribution is 6.31. The molecule has 4 rings (SSSR count). The van der Waals surface area contributed by atoms with Crippen molar-refractivity contribution in [1.29, 1.82) is 0 Å². The van der Waals surface area contributed by atoms with Gasteiger partial charge < -0.3 is 14.4 Å². The molecular formula is C27H23ClF6N4O4. The lowest BCUT2D eigenvalue weighted by atomic mass is 10.1. The third-order valence-corrected chi connectivity index (χ3v) is 6.03. The van der Waals surface area contributed by atoms with Gasteiger partial charge in [-0.3, -0.25) is 9.48 Å². The number of benzene rings is 2. The minimum absolute atomic E-state index is 0.0417. The Hall–Kier alpha value is -4.33. The van der Waals surface area contributed by atoms with Gasteiger partial charge in [0.2, 0.25) is 0 Å². The highest BCUT2D eigenvalue weighted by Gasteiger charge is 2.38. The fraction of sp³-hybridized carbons (Fsp3) is 0.259. The minimum Gasteiger partial charge on any atom is -0.475 e. The summed E-state index contributed by atoms with van der Waals surface area (Å²) in [5.74, 6) is -1.66.